The maximum Gasteiger partial charge on any atom is 0.139 e. The van der Waals surface area contributed by atoms with Crippen LogP contribution in [0, 0.1) is 0 Å². The molecule has 0 radical (unpaired) electrons. The largest absolute Gasteiger partial charge is 0.314 e. The number of carbonyl (C=O) groups is 1. The van der Waals surface area contributed by atoms with Gasteiger partial charge in [-0.25, -0.2) is 0 Å². The summed E-state index contributed by atoms with van der Waals surface area (Å²) in [6.07, 6.45) is 5.54. The van der Waals surface area contributed by atoms with E-state index in [-0.39, 0.29) is 0 Å². The lowest BCUT2D eigenvalue weighted by molar-refractivity contribution is -0.118. The molecular weight excluding hydrogens is 196 g/mol. The van der Waals surface area contributed by atoms with Crippen LogP contribution in [0.15, 0.2) is 11.7 Å². The second kappa shape index (κ2) is 4.66. The molecule has 0 unspecified atom stereocenters. The Bertz CT molecular complexity index is 293. The average molecular weight is 210 g/mol. The third-order valence-corrected chi connectivity index (χ3v) is 3.05. The van der Waals surface area contributed by atoms with Crippen LogP contribution in [0.25, 0.3) is 0 Å². The minimum Gasteiger partial charge on any atom is -0.314 e. The monoisotopic (exact) mass is 210 g/mol. The predicted octanol–water partition coefficient (Wildman–Crippen LogP) is 1.40. The van der Waals surface area contributed by atoms with Gasteiger partial charge in [0.2, 0.25) is 0 Å². The minimum absolute atomic E-state index is 0.308. The lowest BCUT2D eigenvalue weighted by Crippen LogP contribution is -2.20. The molecule has 1 aromatic rings. The first-order valence-corrected chi connectivity index (χ1v) is 5.85. The van der Waals surface area contributed by atoms with Crippen LogP contribution in [0.3, 0.4) is 0 Å². The van der Waals surface area contributed by atoms with E-state index in [9.17, 15) is 4.79 Å². The van der Waals surface area contributed by atoms with Crippen LogP contribution in [0.2, 0.25) is 0 Å². The van der Waals surface area contributed by atoms with Gasteiger partial charge in [0.05, 0.1) is 5.51 Å². The van der Waals surface area contributed by atoms with Crippen LogP contribution in [0.4, 0.5) is 0 Å². The summed E-state index contributed by atoms with van der Waals surface area (Å²) in [7, 11) is 0. The topological polar surface area (TPSA) is 42.0 Å². The maximum atomic E-state index is 11.5. The first-order valence-electron chi connectivity index (χ1n) is 4.97. The standard InChI is InChI=1S/C10H14N2OS/c13-9(3-4-12-8-1-2-8)5-10-6-11-7-14-10/h6-8,12H,1-5H2. The van der Waals surface area contributed by atoms with Gasteiger partial charge >= 0.3 is 0 Å². The van der Waals surface area contributed by atoms with Crippen LogP contribution in [-0.2, 0) is 11.2 Å². The first kappa shape index (κ1) is 9.80. The second-order valence-electron chi connectivity index (χ2n) is 3.66. The second-order valence-corrected chi connectivity index (χ2v) is 4.63. The first-order chi connectivity index (χ1) is 6.84. The summed E-state index contributed by atoms with van der Waals surface area (Å²) >= 11 is 1.55. The third kappa shape index (κ3) is 3.20. The molecule has 1 heterocycles. The normalized spacial score (nSPS) is 15.7. The molecule has 14 heavy (non-hydrogen) atoms. The lowest BCUT2D eigenvalue weighted by Gasteiger charge is -2.00. The van der Waals surface area contributed by atoms with Crippen molar-refractivity contribution in [2.45, 2.75) is 31.7 Å². The molecule has 1 aliphatic carbocycles. The van der Waals surface area contributed by atoms with E-state index >= 15 is 0 Å². The average Bonchev–Trinajstić information content (AvgIpc) is 2.83. The van der Waals surface area contributed by atoms with Crippen molar-refractivity contribution in [2.24, 2.45) is 0 Å². The van der Waals surface area contributed by atoms with Gasteiger partial charge < -0.3 is 5.32 Å². The fourth-order valence-electron chi connectivity index (χ4n) is 1.32. The summed E-state index contributed by atoms with van der Waals surface area (Å²) in [4.78, 5) is 16.5. The molecule has 1 aliphatic rings. The molecular formula is C10H14N2OS. The molecule has 0 amide bonds. The fourth-order valence-corrected chi connectivity index (χ4v) is 1.94. The number of rotatable bonds is 6. The zero-order chi connectivity index (χ0) is 9.80. The molecule has 1 fully saturated rings. The number of carbonyl (C=O) groups excluding carboxylic acids is 1. The summed E-state index contributed by atoms with van der Waals surface area (Å²) in [5.41, 5.74) is 1.77. The van der Waals surface area contributed by atoms with E-state index in [1.165, 1.54) is 12.8 Å². The van der Waals surface area contributed by atoms with E-state index in [0.29, 0.717) is 24.7 Å². The molecule has 4 heteroatoms. The molecule has 0 saturated heterocycles. The Morgan fingerprint density at radius 3 is 3.14 bits per heavy atom. The lowest BCUT2D eigenvalue weighted by atomic mass is 10.2. The highest BCUT2D eigenvalue weighted by Gasteiger charge is 2.20. The SMILES string of the molecule is O=C(CCNC1CC1)Cc1cncs1. The predicted molar refractivity (Wildman–Crippen MR) is 56.5 cm³/mol. The number of hydrogen-bond donors (Lipinski definition) is 1. The van der Waals surface area contributed by atoms with Crippen LogP contribution in [0.1, 0.15) is 24.1 Å². The molecule has 3 nitrogen and oxygen atoms in total. The van der Waals surface area contributed by atoms with Crippen molar-refractivity contribution in [3.8, 4) is 0 Å². The molecule has 1 saturated carbocycles. The molecule has 1 aromatic heterocycles. The molecule has 0 bridgehead atoms. The summed E-state index contributed by atoms with van der Waals surface area (Å²) in [6, 6.07) is 0.700. The molecule has 2 rings (SSSR count). The minimum atomic E-state index is 0.308. The van der Waals surface area contributed by atoms with E-state index in [1.54, 1.807) is 23.0 Å². The van der Waals surface area contributed by atoms with Crippen molar-refractivity contribution in [3.05, 3.63) is 16.6 Å². The zero-order valence-corrected chi connectivity index (χ0v) is 8.85. The van der Waals surface area contributed by atoms with Gasteiger partial charge in [-0.15, -0.1) is 11.3 Å². The van der Waals surface area contributed by atoms with Gasteiger partial charge in [0, 0.05) is 36.5 Å². The Hall–Kier alpha value is -0.740. The quantitative estimate of drug-likeness (QED) is 0.771. The Morgan fingerprint density at radius 1 is 1.64 bits per heavy atom. The Balaban J connectivity index is 1.62. The third-order valence-electron chi connectivity index (χ3n) is 2.27. The van der Waals surface area contributed by atoms with Crippen LogP contribution in [-0.4, -0.2) is 23.4 Å². The van der Waals surface area contributed by atoms with Gasteiger partial charge in [0.15, 0.2) is 0 Å². The van der Waals surface area contributed by atoms with E-state index in [4.69, 9.17) is 0 Å². The molecule has 0 spiro atoms. The number of thiazole rings is 1. The van der Waals surface area contributed by atoms with Crippen LogP contribution < -0.4 is 5.32 Å². The van der Waals surface area contributed by atoms with Crippen molar-refractivity contribution in [2.75, 3.05) is 6.54 Å². The van der Waals surface area contributed by atoms with Crippen molar-refractivity contribution < 1.29 is 4.79 Å². The maximum absolute atomic E-state index is 11.5. The number of nitrogens with one attached hydrogen (secondary N) is 1. The van der Waals surface area contributed by atoms with Gasteiger partial charge in [-0.1, -0.05) is 0 Å². The highest BCUT2D eigenvalue weighted by Crippen LogP contribution is 2.18. The van der Waals surface area contributed by atoms with E-state index in [1.807, 2.05) is 0 Å². The number of Topliss-reactive ketones (excluding diaryl/α,β-unsaturated/α-hetero) is 1. The van der Waals surface area contributed by atoms with Gasteiger partial charge in [-0.05, 0) is 12.8 Å². The van der Waals surface area contributed by atoms with Crippen LogP contribution in [0.5, 0.6) is 0 Å². The molecule has 1 N–H and O–H groups in total. The number of ketones is 1. The Morgan fingerprint density at radius 2 is 2.50 bits per heavy atom. The zero-order valence-electron chi connectivity index (χ0n) is 8.03. The van der Waals surface area contributed by atoms with Gasteiger partial charge in [-0.2, -0.15) is 0 Å². The highest BCUT2D eigenvalue weighted by atomic mass is 32.1. The van der Waals surface area contributed by atoms with Crippen molar-refractivity contribution in [1.29, 1.82) is 0 Å². The Labute approximate surface area is 87.6 Å². The smallest absolute Gasteiger partial charge is 0.139 e. The fraction of sp³-hybridized carbons (Fsp3) is 0.600. The summed E-state index contributed by atoms with van der Waals surface area (Å²) < 4.78 is 0. The number of aromatic nitrogens is 1. The molecule has 0 aromatic carbocycles. The molecule has 0 aliphatic heterocycles. The molecule has 76 valence electrons. The summed E-state index contributed by atoms with van der Waals surface area (Å²) in [6.45, 7) is 0.836. The highest BCUT2D eigenvalue weighted by molar-refractivity contribution is 7.09. The van der Waals surface area contributed by atoms with Crippen LogP contribution >= 0.6 is 11.3 Å². The van der Waals surface area contributed by atoms with E-state index < -0.39 is 0 Å². The summed E-state index contributed by atoms with van der Waals surface area (Å²) in [5, 5.41) is 3.33. The van der Waals surface area contributed by atoms with Crippen molar-refractivity contribution in [1.82, 2.24) is 10.3 Å². The van der Waals surface area contributed by atoms with E-state index in [0.717, 1.165) is 11.4 Å². The van der Waals surface area contributed by atoms with Gasteiger partial charge in [0.25, 0.3) is 0 Å². The molecule has 0 atom stereocenters. The number of hydrogen-bond acceptors (Lipinski definition) is 4. The Kier molecular flexibility index (Phi) is 3.26. The van der Waals surface area contributed by atoms with E-state index in [2.05, 4.69) is 10.3 Å². The summed E-state index contributed by atoms with van der Waals surface area (Å²) in [5.74, 6) is 0.308. The van der Waals surface area contributed by atoms with Gasteiger partial charge in [0.1, 0.15) is 5.78 Å². The number of nitrogens with zero attached hydrogens (tertiary/aromatic N) is 1. The van der Waals surface area contributed by atoms with Crippen molar-refractivity contribution in [3.63, 3.8) is 0 Å². The van der Waals surface area contributed by atoms with Crippen molar-refractivity contribution >= 4 is 17.1 Å². The van der Waals surface area contributed by atoms with Gasteiger partial charge in [-0.3, -0.25) is 9.78 Å².